The third-order valence-electron chi connectivity index (χ3n) is 23.6. The molecule has 0 radical (unpaired) electrons. The van der Waals surface area contributed by atoms with E-state index in [1.165, 1.54) is 68.9 Å². The molecule has 0 amide bonds. The number of rotatable bonds is 12. The van der Waals surface area contributed by atoms with Gasteiger partial charge in [-0.25, -0.2) is 0 Å². The molecule has 9 aliphatic rings. The van der Waals surface area contributed by atoms with Crippen molar-refractivity contribution in [3.63, 3.8) is 0 Å². The number of ether oxygens (including phenoxy) is 2. The van der Waals surface area contributed by atoms with E-state index in [-0.39, 0.29) is 51.6 Å². The quantitative estimate of drug-likeness (QED) is 0.181. The van der Waals surface area contributed by atoms with E-state index >= 15 is 0 Å². The van der Waals surface area contributed by atoms with E-state index in [9.17, 15) is 20.1 Å². The normalized spacial score (nSPS) is 49.2. The first kappa shape index (κ1) is 45.9. The van der Waals surface area contributed by atoms with Crippen LogP contribution in [-0.4, -0.2) is 53.5 Å². The molecule has 0 aromatic heterocycles. The lowest BCUT2D eigenvalue weighted by molar-refractivity contribution is -0.380. The standard InChI is InChI=1S/C58H86O6/c1-7-12-46-56-33-32-55-26-11-15-41(17-16-40-13-9-8-10-14-40)24-27-54(47-38-51(3,49(60)61)29-28-50(47,2)30-31-52(54,55)4)36-44-22-23-45(57(56,39-59)53(44,55)5)37-58(46,62)64-48(56)35-43-20-18-42(19-21-43)25-34-63-6/h18-21,40-41,44-48,59,62H,7-10,12-17,22-25,27-39H2,1-6H3,(H,60,61). The van der Waals surface area contributed by atoms with Crippen molar-refractivity contribution < 1.29 is 29.6 Å². The lowest BCUT2D eigenvalue weighted by Crippen LogP contribution is -2.82. The van der Waals surface area contributed by atoms with Crippen LogP contribution in [0.2, 0.25) is 0 Å². The zero-order valence-electron chi connectivity index (χ0n) is 41.0. The van der Waals surface area contributed by atoms with Crippen molar-refractivity contribution >= 4 is 5.97 Å². The Bertz CT molecular complexity index is 1980. The van der Waals surface area contributed by atoms with Gasteiger partial charge >= 0.3 is 5.97 Å². The van der Waals surface area contributed by atoms with Gasteiger partial charge in [-0.05, 0) is 172 Å². The number of methoxy groups -OCH3 is 1. The Hall–Kier alpha value is -1.91. The van der Waals surface area contributed by atoms with Gasteiger partial charge < -0.3 is 24.8 Å². The third kappa shape index (κ3) is 5.99. The van der Waals surface area contributed by atoms with Crippen LogP contribution in [0, 0.1) is 90.7 Å². The molecule has 6 nitrogen and oxygen atoms in total. The molecule has 1 aliphatic heterocycles. The molecule has 7 saturated carbocycles. The zero-order chi connectivity index (χ0) is 45.0. The van der Waals surface area contributed by atoms with Gasteiger partial charge in [0.15, 0.2) is 5.79 Å². The molecule has 1 saturated heterocycles. The van der Waals surface area contributed by atoms with Crippen molar-refractivity contribution in [1.82, 2.24) is 0 Å². The lowest BCUT2D eigenvalue weighted by atomic mass is 9.18. The van der Waals surface area contributed by atoms with Crippen molar-refractivity contribution in [3.8, 4) is 11.8 Å². The van der Waals surface area contributed by atoms with Gasteiger partial charge in [0, 0.05) is 42.1 Å². The van der Waals surface area contributed by atoms with Gasteiger partial charge in [-0.3, -0.25) is 4.79 Å². The maximum Gasteiger partial charge on any atom is 0.309 e. The fourth-order valence-electron chi connectivity index (χ4n) is 20.4. The minimum absolute atomic E-state index is 0.0359. The topological polar surface area (TPSA) is 96.2 Å². The highest BCUT2D eigenvalue weighted by atomic mass is 16.6. The van der Waals surface area contributed by atoms with E-state index in [2.05, 4.69) is 70.7 Å². The molecule has 8 aliphatic carbocycles. The second-order valence-corrected chi connectivity index (χ2v) is 25.5. The second kappa shape index (κ2) is 16.1. The Morgan fingerprint density at radius 3 is 2.25 bits per heavy atom. The van der Waals surface area contributed by atoms with Crippen LogP contribution >= 0.6 is 0 Å². The molecule has 1 heterocycles. The number of fused-ring (bicyclic) bond motifs is 2. The summed E-state index contributed by atoms with van der Waals surface area (Å²) in [7, 11) is 1.76. The predicted octanol–water partition coefficient (Wildman–Crippen LogP) is 12.4. The summed E-state index contributed by atoms with van der Waals surface area (Å²) in [6, 6.07) is 9.06. The van der Waals surface area contributed by atoms with E-state index in [4.69, 9.17) is 9.47 Å². The van der Waals surface area contributed by atoms with Crippen LogP contribution in [0.15, 0.2) is 24.3 Å². The Morgan fingerprint density at radius 1 is 0.812 bits per heavy atom. The molecule has 354 valence electrons. The minimum atomic E-state index is -1.20. The van der Waals surface area contributed by atoms with Crippen LogP contribution in [0.25, 0.3) is 0 Å². The first-order chi connectivity index (χ1) is 30.6. The summed E-state index contributed by atoms with van der Waals surface area (Å²) in [5, 5.41) is 37.1. The Balaban J connectivity index is 1.14. The summed E-state index contributed by atoms with van der Waals surface area (Å²) >= 11 is 0. The van der Waals surface area contributed by atoms with Gasteiger partial charge in [-0.2, -0.15) is 0 Å². The molecule has 15 atom stereocenters. The van der Waals surface area contributed by atoms with Gasteiger partial charge in [-0.15, -0.1) is 5.92 Å². The van der Waals surface area contributed by atoms with Gasteiger partial charge in [0.25, 0.3) is 0 Å². The van der Waals surface area contributed by atoms with Crippen molar-refractivity contribution in [3.05, 3.63) is 35.4 Å². The van der Waals surface area contributed by atoms with Crippen LogP contribution in [0.4, 0.5) is 0 Å². The van der Waals surface area contributed by atoms with Crippen LogP contribution in [-0.2, 0) is 27.1 Å². The average Bonchev–Trinajstić information content (AvgIpc) is 3.46. The summed E-state index contributed by atoms with van der Waals surface area (Å²) in [5.41, 5.74) is 0.178. The van der Waals surface area contributed by atoms with Gasteiger partial charge in [0.05, 0.1) is 24.7 Å². The van der Waals surface area contributed by atoms with Gasteiger partial charge in [-0.1, -0.05) is 103 Å². The highest BCUT2D eigenvalue weighted by Crippen LogP contribution is 2.91. The van der Waals surface area contributed by atoms with Crippen molar-refractivity contribution in [2.45, 2.75) is 207 Å². The average molecular weight is 879 g/mol. The van der Waals surface area contributed by atoms with Crippen LogP contribution in [0.1, 0.15) is 193 Å². The van der Waals surface area contributed by atoms with Crippen molar-refractivity contribution in [2.75, 3.05) is 20.3 Å². The summed E-state index contributed by atoms with van der Waals surface area (Å²) < 4.78 is 12.8. The van der Waals surface area contributed by atoms with E-state index in [1.54, 1.807) is 7.11 Å². The van der Waals surface area contributed by atoms with E-state index in [1.807, 2.05) is 0 Å². The molecular weight excluding hydrogens is 793 g/mol. The zero-order valence-corrected chi connectivity index (χ0v) is 41.0. The molecular formula is C58H86O6. The summed E-state index contributed by atoms with van der Waals surface area (Å²) in [5.74, 6) is 9.02. The molecule has 10 rings (SSSR count). The molecule has 15 unspecified atom stereocenters. The molecule has 4 bridgehead atoms. The first-order valence-corrected chi connectivity index (χ1v) is 26.9. The number of aliphatic hydroxyl groups is 2. The number of carbonyl (C=O) groups is 1. The molecule has 3 N–H and O–H groups in total. The Kier molecular flexibility index (Phi) is 11.5. The SMILES string of the molecule is CCCC1C2(O)CC3CCC4CC56CCC(CCC7CCCCC7)CC#CC7(CCC1(C(Cc1ccc(CCOC)cc1)O2)C3(CO)C47C)C5(C)CCC1(C)CCC(C)(C(=O)O)CC16. The summed E-state index contributed by atoms with van der Waals surface area (Å²) in [6.45, 7) is 13.1. The largest absolute Gasteiger partial charge is 0.481 e. The molecule has 8 fully saturated rings. The maximum absolute atomic E-state index is 13.4. The molecule has 1 aromatic carbocycles. The van der Waals surface area contributed by atoms with E-state index in [0.717, 1.165) is 102 Å². The Labute approximate surface area is 387 Å². The van der Waals surface area contributed by atoms with Crippen LogP contribution in [0.5, 0.6) is 0 Å². The molecule has 64 heavy (non-hydrogen) atoms. The smallest absolute Gasteiger partial charge is 0.309 e. The second-order valence-electron chi connectivity index (χ2n) is 25.5. The number of carboxylic acid groups (broad SMARTS) is 1. The predicted molar refractivity (Wildman–Crippen MR) is 253 cm³/mol. The van der Waals surface area contributed by atoms with Gasteiger partial charge in [0.2, 0.25) is 0 Å². The monoisotopic (exact) mass is 879 g/mol. The van der Waals surface area contributed by atoms with Crippen LogP contribution < -0.4 is 0 Å². The fourth-order valence-corrected chi connectivity index (χ4v) is 20.4. The minimum Gasteiger partial charge on any atom is -0.481 e. The number of hydrogen-bond acceptors (Lipinski definition) is 5. The van der Waals surface area contributed by atoms with Crippen molar-refractivity contribution in [1.29, 1.82) is 0 Å². The number of aliphatic carboxylic acids is 1. The number of carboxylic acids is 1. The maximum atomic E-state index is 13.4. The van der Waals surface area contributed by atoms with Crippen LogP contribution in [0.3, 0.4) is 0 Å². The van der Waals surface area contributed by atoms with E-state index in [0.29, 0.717) is 30.8 Å². The number of hydrogen-bond donors (Lipinski definition) is 3. The fraction of sp³-hybridized carbons (Fsp3) is 0.845. The van der Waals surface area contributed by atoms with E-state index < -0.39 is 28.0 Å². The molecule has 1 aromatic rings. The number of benzene rings is 1. The van der Waals surface area contributed by atoms with Gasteiger partial charge in [0.1, 0.15) is 0 Å². The Morgan fingerprint density at radius 2 is 1.53 bits per heavy atom. The van der Waals surface area contributed by atoms with Crippen molar-refractivity contribution in [2.24, 2.45) is 78.8 Å². The molecule has 6 heteroatoms. The highest BCUT2D eigenvalue weighted by molar-refractivity contribution is 5.74. The highest BCUT2D eigenvalue weighted by Gasteiger charge is 2.89. The summed E-state index contributed by atoms with van der Waals surface area (Å²) in [6.07, 6.45) is 26.7. The lowest BCUT2D eigenvalue weighted by Gasteiger charge is -2.85. The summed E-state index contributed by atoms with van der Waals surface area (Å²) in [4.78, 5) is 13.4. The molecule has 2 spiro atoms. The number of aliphatic hydroxyl groups excluding tert-OH is 1. The third-order valence-corrected chi connectivity index (χ3v) is 23.6. The first-order valence-electron chi connectivity index (χ1n) is 26.9.